The minimum absolute atomic E-state index is 0.679. The topological polar surface area (TPSA) is 38.9 Å². The van der Waals surface area contributed by atoms with Crippen LogP contribution in [0.3, 0.4) is 0 Å². The maximum absolute atomic E-state index is 5.86. The van der Waals surface area contributed by atoms with Crippen LogP contribution >= 0.6 is 33.9 Å². The van der Waals surface area contributed by atoms with Crippen molar-refractivity contribution in [2.45, 2.75) is 32.1 Å². The lowest BCUT2D eigenvalue weighted by molar-refractivity contribution is 1.01. The summed E-state index contributed by atoms with van der Waals surface area (Å²) in [5.74, 6) is 0.679. The van der Waals surface area contributed by atoms with Gasteiger partial charge < -0.3 is 5.73 Å². The SMILES string of the molecule is Cc1ccc(Cc2sc(N)nc2C2CC2)cc1I. The van der Waals surface area contributed by atoms with E-state index in [-0.39, 0.29) is 0 Å². The van der Waals surface area contributed by atoms with Gasteiger partial charge in [0, 0.05) is 20.8 Å². The largest absolute Gasteiger partial charge is 0.375 e. The predicted octanol–water partition coefficient (Wildman–Crippen LogP) is 4.11. The highest BCUT2D eigenvalue weighted by molar-refractivity contribution is 14.1. The summed E-state index contributed by atoms with van der Waals surface area (Å²) in [6.07, 6.45) is 3.53. The van der Waals surface area contributed by atoms with E-state index in [0.29, 0.717) is 11.0 Å². The molecule has 1 aromatic carbocycles. The Morgan fingerprint density at radius 2 is 2.22 bits per heavy atom. The normalized spacial score (nSPS) is 15.0. The van der Waals surface area contributed by atoms with Gasteiger partial charge in [-0.2, -0.15) is 0 Å². The average molecular weight is 370 g/mol. The first kappa shape index (κ1) is 12.4. The number of nitrogen functional groups attached to an aromatic ring is 1. The molecule has 0 bridgehead atoms. The van der Waals surface area contributed by atoms with Gasteiger partial charge in [-0.05, 0) is 59.5 Å². The molecule has 0 unspecified atom stereocenters. The zero-order chi connectivity index (χ0) is 12.7. The van der Waals surface area contributed by atoms with Gasteiger partial charge in [0.05, 0.1) is 5.69 Å². The third-order valence-corrected chi connectivity index (χ3v) is 5.37. The lowest BCUT2D eigenvalue weighted by Gasteiger charge is -2.04. The quantitative estimate of drug-likeness (QED) is 0.826. The van der Waals surface area contributed by atoms with Crippen LogP contribution in [-0.4, -0.2) is 4.98 Å². The van der Waals surface area contributed by atoms with Crippen molar-refractivity contribution in [1.29, 1.82) is 0 Å². The number of aromatic nitrogens is 1. The Hall–Kier alpha value is -0.620. The van der Waals surface area contributed by atoms with Crippen LogP contribution in [0.4, 0.5) is 5.13 Å². The second-order valence-electron chi connectivity index (χ2n) is 4.90. The van der Waals surface area contributed by atoms with Gasteiger partial charge >= 0.3 is 0 Å². The molecule has 1 saturated carbocycles. The minimum atomic E-state index is 0.679. The molecule has 1 aliphatic rings. The van der Waals surface area contributed by atoms with E-state index in [9.17, 15) is 0 Å². The summed E-state index contributed by atoms with van der Waals surface area (Å²) in [5.41, 5.74) is 9.81. The third-order valence-electron chi connectivity index (χ3n) is 3.31. The number of aryl methyl sites for hydroxylation is 1. The molecule has 94 valence electrons. The number of nitrogens with two attached hydrogens (primary N) is 1. The van der Waals surface area contributed by atoms with Crippen LogP contribution in [0.2, 0.25) is 0 Å². The van der Waals surface area contributed by atoms with Crippen LogP contribution in [0.5, 0.6) is 0 Å². The third kappa shape index (κ3) is 2.54. The van der Waals surface area contributed by atoms with E-state index in [1.165, 1.54) is 38.1 Å². The average Bonchev–Trinajstić information content (AvgIpc) is 3.09. The van der Waals surface area contributed by atoms with E-state index >= 15 is 0 Å². The fraction of sp³-hybridized carbons (Fsp3) is 0.357. The van der Waals surface area contributed by atoms with Crippen LogP contribution < -0.4 is 5.73 Å². The Kier molecular flexibility index (Phi) is 3.32. The number of anilines is 1. The molecule has 0 spiro atoms. The molecular formula is C14H15IN2S. The molecule has 1 aromatic heterocycles. The van der Waals surface area contributed by atoms with Gasteiger partial charge in [-0.1, -0.05) is 12.1 Å². The fourth-order valence-electron chi connectivity index (χ4n) is 2.12. The van der Waals surface area contributed by atoms with E-state index in [0.717, 1.165) is 6.42 Å². The van der Waals surface area contributed by atoms with Crippen LogP contribution in [0.15, 0.2) is 18.2 Å². The second kappa shape index (κ2) is 4.81. The Labute approximate surface area is 125 Å². The molecule has 0 amide bonds. The number of halogens is 1. The summed E-state index contributed by atoms with van der Waals surface area (Å²) in [6, 6.07) is 6.67. The molecular weight excluding hydrogens is 355 g/mol. The van der Waals surface area contributed by atoms with E-state index in [4.69, 9.17) is 5.73 Å². The smallest absolute Gasteiger partial charge is 0.180 e. The van der Waals surface area contributed by atoms with Gasteiger partial charge in [0.25, 0.3) is 0 Å². The number of thiazole rings is 1. The Balaban J connectivity index is 1.89. The van der Waals surface area contributed by atoms with Crippen molar-refractivity contribution >= 4 is 39.1 Å². The highest BCUT2D eigenvalue weighted by Crippen LogP contribution is 2.43. The van der Waals surface area contributed by atoms with Crippen LogP contribution in [0.25, 0.3) is 0 Å². The monoisotopic (exact) mass is 370 g/mol. The second-order valence-corrected chi connectivity index (χ2v) is 7.17. The molecule has 0 saturated heterocycles. The Morgan fingerprint density at radius 3 is 2.89 bits per heavy atom. The van der Waals surface area contributed by atoms with Crippen molar-refractivity contribution in [3.63, 3.8) is 0 Å². The highest BCUT2D eigenvalue weighted by Gasteiger charge is 2.29. The first-order valence-electron chi connectivity index (χ1n) is 6.13. The molecule has 2 aromatic rings. The summed E-state index contributed by atoms with van der Waals surface area (Å²) in [4.78, 5) is 5.86. The summed E-state index contributed by atoms with van der Waals surface area (Å²) >= 11 is 4.05. The Bertz CT molecular complexity index is 587. The van der Waals surface area contributed by atoms with Gasteiger partial charge in [-0.3, -0.25) is 0 Å². The van der Waals surface area contributed by atoms with Gasteiger partial charge in [0.1, 0.15) is 0 Å². The summed E-state index contributed by atoms with van der Waals surface area (Å²) in [5, 5.41) is 0.716. The van der Waals surface area contributed by atoms with E-state index in [1.807, 2.05) is 0 Å². The highest BCUT2D eigenvalue weighted by atomic mass is 127. The lowest BCUT2D eigenvalue weighted by atomic mass is 10.1. The van der Waals surface area contributed by atoms with Crippen LogP contribution in [-0.2, 0) is 6.42 Å². The van der Waals surface area contributed by atoms with Crippen LogP contribution in [0, 0.1) is 10.5 Å². The van der Waals surface area contributed by atoms with E-state index < -0.39 is 0 Å². The lowest BCUT2D eigenvalue weighted by Crippen LogP contribution is -1.92. The maximum atomic E-state index is 5.86. The predicted molar refractivity (Wildman–Crippen MR) is 85.2 cm³/mol. The van der Waals surface area contributed by atoms with Gasteiger partial charge in [-0.15, -0.1) is 11.3 Å². The van der Waals surface area contributed by atoms with Gasteiger partial charge in [-0.25, -0.2) is 4.98 Å². The van der Waals surface area contributed by atoms with Gasteiger partial charge in [0.2, 0.25) is 0 Å². The molecule has 0 radical (unpaired) electrons. The molecule has 18 heavy (non-hydrogen) atoms. The summed E-state index contributed by atoms with van der Waals surface area (Å²) in [7, 11) is 0. The zero-order valence-electron chi connectivity index (χ0n) is 10.2. The molecule has 1 fully saturated rings. The first-order valence-corrected chi connectivity index (χ1v) is 8.03. The molecule has 0 atom stereocenters. The minimum Gasteiger partial charge on any atom is -0.375 e. The van der Waals surface area contributed by atoms with E-state index in [2.05, 4.69) is 52.7 Å². The molecule has 2 N–H and O–H groups in total. The molecule has 3 rings (SSSR count). The molecule has 1 aliphatic carbocycles. The number of benzene rings is 1. The molecule has 0 aliphatic heterocycles. The standard InChI is InChI=1S/C14H15IN2S/c1-8-2-3-9(6-11(8)15)7-12-13(10-4-5-10)17-14(16)18-12/h2-3,6,10H,4-5,7H2,1H3,(H2,16,17). The fourth-order valence-corrected chi connectivity index (χ4v) is 3.65. The van der Waals surface area contributed by atoms with E-state index in [1.54, 1.807) is 11.3 Å². The zero-order valence-corrected chi connectivity index (χ0v) is 13.2. The number of rotatable bonds is 3. The number of hydrogen-bond acceptors (Lipinski definition) is 3. The Morgan fingerprint density at radius 1 is 1.44 bits per heavy atom. The number of hydrogen-bond donors (Lipinski definition) is 1. The molecule has 4 heteroatoms. The molecule has 1 heterocycles. The van der Waals surface area contributed by atoms with Crippen molar-refractivity contribution in [3.05, 3.63) is 43.5 Å². The summed E-state index contributed by atoms with van der Waals surface area (Å²) < 4.78 is 1.33. The number of nitrogens with zero attached hydrogens (tertiary/aromatic N) is 1. The first-order chi connectivity index (χ1) is 8.63. The molecule has 2 nitrogen and oxygen atoms in total. The van der Waals surface area contributed by atoms with Crippen molar-refractivity contribution in [2.75, 3.05) is 5.73 Å². The van der Waals surface area contributed by atoms with Crippen LogP contribution in [0.1, 0.15) is 40.5 Å². The van der Waals surface area contributed by atoms with Crippen molar-refractivity contribution in [2.24, 2.45) is 0 Å². The van der Waals surface area contributed by atoms with Crippen molar-refractivity contribution in [3.8, 4) is 0 Å². The summed E-state index contributed by atoms with van der Waals surface area (Å²) in [6.45, 7) is 2.14. The van der Waals surface area contributed by atoms with Gasteiger partial charge in [0.15, 0.2) is 5.13 Å². The van der Waals surface area contributed by atoms with Crippen molar-refractivity contribution in [1.82, 2.24) is 4.98 Å². The maximum Gasteiger partial charge on any atom is 0.180 e. The van der Waals surface area contributed by atoms with Crippen molar-refractivity contribution < 1.29 is 0 Å².